The average molecular weight is 802 g/mol. The lowest BCUT2D eigenvalue weighted by Gasteiger charge is -2.30. The molecule has 0 saturated heterocycles. The van der Waals surface area contributed by atoms with Crippen LogP contribution in [-0.2, 0) is 10.8 Å². The number of benzene rings is 6. The van der Waals surface area contributed by atoms with Crippen LogP contribution in [0.15, 0.2) is 169 Å². The number of hydrogen-bond acceptors (Lipinski definition) is 5. The number of nitrogens with zero attached hydrogens (tertiary/aromatic N) is 5. The van der Waals surface area contributed by atoms with E-state index in [0.29, 0.717) is 17.5 Å². The van der Waals surface area contributed by atoms with Gasteiger partial charge in [-0.1, -0.05) is 161 Å². The highest BCUT2D eigenvalue weighted by molar-refractivity contribution is 5.95. The molecule has 0 amide bonds. The number of fused-ring (bicyclic) bond motifs is 5. The summed E-state index contributed by atoms with van der Waals surface area (Å²) in [5, 5.41) is 0. The molecule has 0 spiro atoms. The highest BCUT2D eigenvalue weighted by atomic mass is 15.0. The van der Waals surface area contributed by atoms with Crippen LogP contribution in [0.5, 0.6) is 0 Å². The Bertz CT molecular complexity index is 3030. The third-order valence-corrected chi connectivity index (χ3v) is 13.5. The molecule has 0 bridgehead atoms. The van der Waals surface area contributed by atoms with Crippen LogP contribution < -0.4 is 0 Å². The van der Waals surface area contributed by atoms with E-state index in [4.69, 9.17) is 24.9 Å². The summed E-state index contributed by atoms with van der Waals surface area (Å²) in [6, 6.07) is 53.2. The summed E-state index contributed by atoms with van der Waals surface area (Å²) in [5.74, 6) is 2.95. The minimum atomic E-state index is -0.250. The zero-order valence-electron chi connectivity index (χ0n) is 36.0. The van der Waals surface area contributed by atoms with Crippen molar-refractivity contribution in [3.8, 4) is 67.8 Å². The summed E-state index contributed by atoms with van der Waals surface area (Å²) in [6.45, 7) is 14.1. The molecule has 3 aliphatic carbocycles. The van der Waals surface area contributed by atoms with Crippen molar-refractivity contribution in [2.24, 2.45) is 0 Å². The van der Waals surface area contributed by atoms with Crippen molar-refractivity contribution in [1.82, 2.24) is 24.9 Å². The highest BCUT2D eigenvalue weighted by Crippen LogP contribution is 2.59. The molecule has 0 saturated carbocycles. The predicted octanol–water partition coefficient (Wildman–Crippen LogP) is 13.8. The van der Waals surface area contributed by atoms with Crippen LogP contribution in [0, 0.1) is 6.92 Å². The Labute approximate surface area is 364 Å². The largest absolute Gasteiger partial charge is 0.232 e. The molecule has 2 aromatic heterocycles. The number of allylic oxidation sites excluding steroid dienone is 4. The second-order valence-corrected chi connectivity index (χ2v) is 18.2. The molecule has 5 heteroatoms. The van der Waals surface area contributed by atoms with Gasteiger partial charge in [0.1, 0.15) is 5.82 Å². The fraction of sp³-hybridized carbons (Fsp3) is 0.175. The van der Waals surface area contributed by atoms with Crippen molar-refractivity contribution >= 4 is 5.57 Å². The van der Waals surface area contributed by atoms with Gasteiger partial charge < -0.3 is 0 Å². The first-order valence-corrected chi connectivity index (χ1v) is 21.7. The van der Waals surface area contributed by atoms with Gasteiger partial charge in [0.25, 0.3) is 0 Å². The van der Waals surface area contributed by atoms with E-state index < -0.39 is 0 Å². The summed E-state index contributed by atoms with van der Waals surface area (Å²) >= 11 is 0. The molecule has 0 radical (unpaired) electrons. The summed E-state index contributed by atoms with van der Waals surface area (Å²) in [7, 11) is 0. The van der Waals surface area contributed by atoms with Gasteiger partial charge in [-0.2, -0.15) is 0 Å². The molecule has 3 aliphatic rings. The summed E-state index contributed by atoms with van der Waals surface area (Å²) in [4.78, 5) is 25.7. The van der Waals surface area contributed by atoms with Gasteiger partial charge in [-0.3, -0.25) is 0 Å². The van der Waals surface area contributed by atoms with Gasteiger partial charge in [-0.15, -0.1) is 0 Å². The summed E-state index contributed by atoms with van der Waals surface area (Å²) in [6.07, 6.45) is 3.30. The molecular weight excluding hydrogens is 755 g/mol. The monoisotopic (exact) mass is 801 g/mol. The Hall–Kier alpha value is -7.11. The topological polar surface area (TPSA) is 64.5 Å². The van der Waals surface area contributed by atoms with E-state index in [1.165, 1.54) is 55.7 Å². The Kier molecular flexibility index (Phi) is 8.70. The van der Waals surface area contributed by atoms with Crippen LogP contribution in [0.4, 0.5) is 0 Å². The molecule has 0 N–H and O–H groups in total. The van der Waals surface area contributed by atoms with Crippen molar-refractivity contribution in [3.05, 3.63) is 203 Å². The maximum absolute atomic E-state index is 5.28. The Balaban J connectivity index is 0.988. The molecular formula is C57H47N5. The van der Waals surface area contributed by atoms with Crippen LogP contribution in [0.25, 0.3) is 73.4 Å². The molecule has 300 valence electrons. The van der Waals surface area contributed by atoms with Crippen LogP contribution in [0.2, 0.25) is 0 Å². The molecule has 8 aromatic rings. The minimum absolute atomic E-state index is 0.0540. The summed E-state index contributed by atoms with van der Waals surface area (Å²) < 4.78 is 0. The second-order valence-electron chi connectivity index (χ2n) is 18.2. The molecule has 1 atom stereocenters. The third kappa shape index (κ3) is 6.09. The van der Waals surface area contributed by atoms with E-state index in [2.05, 4.69) is 163 Å². The number of aryl methyl sites for hydroxylation is 1. The van der Waals surface area contributed by atoms with Gasteiger partial charge in [-0.05, 0) is 101 Å². The third-order valence-electron chi connectivity index (χ3n) is 13.5. The van der Waals surface area contributed by atoms with Crippen molar-refractivity contribution in [2.45, 2.75) is 64.7 Å². The fourth-order valence-electron chi connectivity index (χ4n) is 10.3. The predicted molar refractivity (Wildman–Crippen MR) is 252 cm³/mol. The van der Waals surface area contributed by atoms with Gasteiger partial charge in [0.2, 0.25) is 0 Å². The maximum Gasteiger partial charge on any atom is 0.164 e. The molecule has 2 heterocycles. The van der Waals surface area contributed by atoms with Crippen LogP contribution in [0.1, 0.15) is 80.6 Å². The van der Waals surface area contributed by atoms with Gasteiger partial charge in [-0.25, -0.2) is 24.9 Å². The molecule has 0 aliphatic heterocycles. The van der Waals surface area contributed by atoms with Crippen molar-refractivity contribution in [3.63, 3.8) is 0 Å². The van der Waals surface area contributed by atoms with Crippen molar-refractivity contribution < 1.29 is 0 Å². The van der Waals surface area contributed by atoms with Gasteiger partial charge in [0.15, 0.2) is 17.5 Å². The molecule has 62 heavy (non-hydrogen) atoms. The maximum atomic E-state index is 5.28. The van der Waals surface area contributed by atoms with E-state index in [9.17, 15) is 0 Å². The zero-order chi connectivity index (χ0) is 42.3. The first-order chi connectivity index (χ1) is 30.0. The lowest BCUT2D eigenvalue weighted by atomic mass is 9.74. The quantitative estimate of drug-likeness (QED) is 0.168. The Morgan fingerprint density at radius 1 is 0.452 bits per heavy atom. The van der Waals surface area contributed by atoms with Crippen molar-refractivity contribution in [1.29, 1.82) is 0 Å². The smallest absolute Gasteiger partial charge is 0.164 e. The van der Waals surface area contributed by atoms with E-state index in [0.717, 1.165) is 51.5 Å². The van der Waals surface area contributed by atoms with Gasteiger partial charge >= 0.3 is 0 Å². The first kappa shape index (κ1) is 37.9. The normalized spacial score (nSPS) is 16.6. The molecule has 1 unspecified atom stereocenters. The van der Waals surface area contributed by atoms with Crippen molar-refractivity contribution in [2.75, 3.05) is 0 Å². The van der Waals surface area contributed by atoms with Crippen LogP contribution in [-0.4, -0.2) is 24.9 Å². The molecule has 6 aromatic carbocycles. The van der Waals surface area contributed by atoms with E-state index in [-0.39, 0.29) is 16.7 Å². The SMILES string of the molecule is CC1=CC(c2nc(-c3ccccc3)cc(-c3ccccc3)n2)CC2=C1c1cc3c(cc1C2(C)C)-c1c(C)cc(-c2nc(-c4ccccc4)nc(-c4ccccc4)n2)cc1C3(C)C. The lowest BCUT2D eigenvalue weighted by molar-refractivity contribution is 0.581. The molecule has 5 nitrogen and oxygen atoms in total. The zero-order valence-corrected chi connectivity index (χ0v) is 36.0. The fourth-order valence-corrected chi connectivity index (χ4v) is 10.3. The molecule has 0 fully saturated rings. The first-order valence-electron chi connectivity index (χ1n) is 21.7. The van der Waals surface area contributed by atoms with E-state index in [1.807, 2.05) is 36.4 Å². The summed E-state index contributed by atoms with van der Waals surface area (Å²) in [5.41, 5.74) is 20.1. The molecule has 11 rings (SSSR count). The van der Waals surface area contributed by atoms with Crippen LogP contribution in [0.3, 0.4) is 0 Å². The Morgan fingerprint density at radius 2 is 0.919 bits per heavy atom. The standard InChI is InChI=1S/C57H47N5/c1-34-27-40(54-58-48(36-19-11-7-12-20-36)33-49(59-54)37-21-13-8-14-22-37)29-46-50(34)42-31-45-43(32-44(42)56(46,3)4)51-35(2)28-41(30-47(51)57(45,5)6)55-61-52(38-23-15-9-16-24-38)60-53(62-55)39-25-17-10-18-26-39/h7-28,30-33,40H,29H2,1-6H3. The van der Waals surface area contributed by atoms with Crippen LogP contribution >= 0.6 is 0 Å². The Morgan fingerprint density at radius 3 is 1.45 bits per heavy atom. The van der Waals surface area contributed by atoms with Gasteiger partial charge in [0.05, 0.1) is 11.4 Å². The number of aromatic nitrogens is 5. The number of hydrogen-bond donors (Lipinski definition) is 0. The minimum Gasteiger partial charge on any atom is -0.232 e. The van der Waals surface area contributed by atoms with E-state index in [1.54, 1.807) is 0 Å². The number of rotatable bonds is 6. The highest BCUT2D eigenvalue weighted by Gasteiger charge is 2.45. The second kappa shape index (κ2) is 14.2. The van der Waals surface area contributed by atoms with E-state index >= 15 is 0 Å². The average Bonchev–Trinajstić information content (AvgIpc) is 3.68. The lowest BCUT2D eigenvalue weighted by Crippen LogP contribution is -2.21. The van der Waals surface area contributed by atoms with Gasteiger partial charge in [0, 0.05) is 44.6 Å².